The second-order valence-electron chi connectivity index (χ2n) is 0.877. The maximum Gasteiger partial charge on any atom is 0.146 e. The van der Waals surface area contributed by atoms with Crippen molar-refractivity contribution in [1.82, 2.24) is 5.31 Å². The van der Waals surface area contributed by atoms with Crippen molar-refractivity contribution in [3.8, 4) is 0 Å². The molecule has 1 radical (unpaired) electrons. The third kappa shape index (κ3) is 0.131. The quantitative estimate of drug-likeness (QED) is 0.358. The van der Waals surface area contributed by atoms with Crippen LogP contribution in [0.2, 0.25) is 1.41 Å². The summed E-state index contributed by atoms with van der Waals surface area (Å²) in [6.07, 6.45) is 1.72. The topological polar surface area (TPSA) is 12.0 Å². The first kappa shape index (κ1) is 1.46. The average molecular weight is 54.9 g/mol. The zero-order chi connectivity index (χ0) is 3.70. The largest absolute Gasteiger partial charge is 0.333 e. The van der Waals surface area contributed by atoms with Gasteiger partial charge in [-0.05, 0) is 12.9 Å². The van der Waals surface area contributed by atoms with Crippen LogP contribution in [0.25, 0.3) is 0 Å². The zero-order valence-electron chi connectivity index (χ0n) is 3.44. The predicted octanol–water partition coefficient (Wildman–Crippen LogP) is -0.791. The number of hydrogen-bond donors (Lipinski definition) is 1. The van der Waals surface area contributed by atoms with E-state index in [2.05, 4.69) is 7.28 Å². The van der Waals surface area contributed by atoms with E-state index in [9.17, 15) is 0 Å². The summed E-state index contributed by atoms with van der Waals surface area (Å²) in [6, 6.07) is 0. The first-order valence-corrected chi connectivity index (χ1v) is 1.45. The minimum absolute atomic E-state index is 0.861. The van der Waals surface area contributed by atoms with E-state index in [0.717, 1.165) is 12.9 Å². The lowest BCUT2D eigenvalue weighted by Gasteiger charge is -2.08. The SMILES string of the molecule is [2H]N1C[B]C1. The first-order chi connectivity index (χ1) is 2.39. The molecule has 0 aromatic carbocycles. The molecule has 21 valence electrons. The molecule has 0 aliphatic carbocycles. The molecule has 1 heterocycles. The van der Waals surface area contributed by atoms with E-state index in [4.69, 9.17) is 1.41 Å². The van der Waals surface area contributed by atoms with E-state index in [1.165, 1.54) is 5.31 Å². The second kappa shape index (κ2) is 0.766. The van der Waals surface area contributed by atoms with Gasteiger partial charge in [0, 0.05) is 0 Å². The van der Waals surface area contributed by atoms with E-state index in [1.807, 2.05) is 0 Å². The molecule has 1 nitrogen and oxygen atoms in total. The van der Waals surface area contributed by atoms with Crippen molar-refractivity contribution in [2.45, 2.75) is 0 Å². The maximum atomic E-state index is 6.72. The highest BCUT2D eigenvalue weighted by molar-refractivity contribution is 6.39. The van der Waals surface area contributed by atoms with Gasteiger partial charge in [0.1, 0.15) is 8.69 Å². The summed E-state index contributed by atoms with van der Waals surface area (Å²) in [4.78, 5) is 0. The number of rotatable bonds is 0. The van der Waals surface area contributed by atoms with Crippen molar-refractivity contribution in [3.05, 3.63) is 0 Å². The number of hydrogen-bond acceptors (Lipinski definition) is 1. The smallest absolute Gasteiger partial charge is 0.146 e. The van der Waals surface area contributed by atoms with Crippen LogP contribution in [0.15, 0.2) is 0 Å². The van der Waals surface area contributed by atoms with Crippen molar-refractivity contribution in [2.75, 3.05) is 12.9 Å². The van der Waals surface area contributed by atoms with Gasteiger partial charge in [0.05, 0.1) is 0 Å². The highest BCUT2D eigenvalue weighted by Crippen LogP contribution is 1.64. The van der Waals surface area contributed by atoms with Gasteiger partial charge < -0.3 is 5.31 Å². The summed E-state index contributed by atoms with van der Waals surface area (Å²) in [5, 5.41) is 1.50. The lowest BCUT2D eigenvalue weighted by molar-refractivity contribution is 0.843. The van der Waals surface area contributed by atoms with E-state index in [0.29, 0.717) is 0 Å². The molecule has 1 N–H and O–H groups in total. The van der Waals surface area contributed by atoms with Gasteiger partial charge >= 0.3 is 0 Å². The third-order valence-corrected chi connectivity index (χ3v) is 0.516. The van der Waals surface area contributed by atoms with Crippen LogP contribution in [0.1, 0.15) is 0 Å². The molecule has 1 rings (SSSR count). The molecule has 0 bridgehead atoms. The standard InChI is InChI=1S/C2H5BN/c1-3-2-4-1/h4H,1-2H2/i/hD. The molecule has 0 unspecified atom stereocenters. The van der Waals surface area contributed by atoms with Gasteiger partial charge in [-0.1, -0.05) is 0 Å². The fraction of sp³-hybridized carbons (Fsp3) is 1.00. The summed E-state index contributed by atoms with van der Waals surface area (Å²) in [5.74, 6) is 0. The van der Waals surface area contributed by atoms with Crippen LogP contribution in [0.5, 0.6) is 0 Å². The van der Waals surface area contributed by atoms with E-state index in [-0.39, 0.29) is 0 Å². The van der Waals surface area contributed by atoms with Crippen LogP contribution in [0, 0.1) is 0 Å². The van der Waals surface area contributed by atoms with Gasteiger partial charge in [-0.3, -0.25) is 0 Å². The van der Waals surface area contributed by atoms with Crippen LogP contribution in [0.4, 0.5) is 0 Å². The molecular formula is C2H5BN. The molecule has 4 heavy (non-hydrogen) atoms. The van der Waals surface area contributed by atoms with Crippen LogP contribution in [0.3, 0.4) is 0 Å². The van der Waals surface area contributed by atoms with E-state index in [1.54, 1.807) is 0 Å². The normalized spacial score (nSPS) is 30.5. The second-order valence-corrected chi connectivity index (χ2v) is 0.877. The van der Waals surface area contributed by atoms with Crippen molar-refractivity contribution >= 4 is 7.28 Å². The van der Waals surface area contributed by atoms with Crippen LogP contribution in [-0.2, 0) is 0 Å². The van der Waals surface area contributed by atoms with Crippen molar-refractivity contribution in [3.63, 3.8) is 0 Å². The summed E-state index contributed by atoms with van der Waals surface area (Å²) in [7, 11) is 2.06. The molecule has 0 saturated carbocycles. The molecular weight excluding hydrogens is 48.8 g/mol. The number of nitrogens with one attached hydrogen (secondary N) is 1. The molecule has 1 fully saturated rings. The minimum Gasteiger partial charge on any atom is -0.333 e. The Morgan fingerprint density at radius 3 is 2.50 bits per heavy atom. The van der Waals surface area contributed by atoms with Crippen molar-refractivity contribution in [2.24, 2.45) is 0 Å². The van der Waals surface area contributed by atoms with E-state index < -0.39 is 0 Å². The first-order valence-electron chi connectivity index (χ1n) is 1.90. The summed E-state index contributed by atoms with van der Waals surface area (Å²) < 4.78 is 6.72. The fourth-order valence-corrected chi connectivity index (χ4v) is 0.129. The summed E-state index contributed by atoms with van der Waals surface area (Å²) in [6.45, 7) is 0. The van der Waals surface area contributed by atoms with Crippen LogP contribution >= 0.6 is 0 Å². The van der Waals surface area contributed by atoms with Gasteiger partial charge in [0.25, 0.3) is 0 Å². The Morgan fingerprint density at radius 2 is 2.50 bits per heavy atom. The molecule has 0 aromatic heterocycles. The monoisotopic (exact) mass is 55.1 g/mol. The Morgan fingerprint density at radius 1 is 2.00 bits per heavy atom. The van der Waals surface area contributed by atoms with Crippen LogP contribution < -0.4 is 5.31 Å². The lowest BCUT2D eigenvalue weighted by atomic mass is 9.72. The maximum absolute atomic E-state index is 6.72. The van der Waals surface area contributed by atoms with Gasteiger partial charge in [-0.2, -0.15) is 0 Å². The molecule has 1 saturated heterocycles. The van der Waals surface area contributed by atoms with Gasteiger partial charge in [-0.25, -0.2) is 0 Å². The van der Waals surface area contributed by atoms with Gasteiger partial charge in [0.15, 0.2) is 0 Å². The van der Waals surface area contributed by atoms with Crippen LogP contribution in [-0.4, -0.2) is 20.2 Å². The minimum atomic E-state index is 0.861. The predicted molar refractivity (Wildman–Crippen MR) is 18.6 cm³/mol. The Bertz CT molecular complexity index is 36.6. The van der Waals surface area contributed by atoms with Gasteiger partial charge in [0.2, 0.25) is 0 Å². The summed E-state index contributed by atoms with van der Waals surface area (Å²) >= 11 is 0. The van der Waals surface area contributed by atoms with Crippen molar-refractivity contribution < 1.29 is 1.41 Å². The third-order valence-electron chi connectivity index (χ3n) is 0.516. The summed E-state index contributed by atoms with van der Waals surface area (Å²) in [5.41, 5.74) is 0. The Kier molecular flexibility index (Phi) is 0.279. The average Bonchev–Trinajstić information content (AvgIpc) is 1.30. The van der Waals surface area contributed by atoms with E-state index >= 15 is 0 Å². The lowest BCUT2D eigenvalue weighted by Crippen LogP contribution is -2.39. The molecule has 0 amide bonds. The molecule has 1 aliphatic heterocycles. The Labute approximate surface area is 28.1 Å². The van der Waals surface area contributed by atoms with Gasteiger partial charge in [-0.15, -0.1) is 0 Å². The Hall–Kier alpha value is 0.0249. The Balaban J connectivity index is 2.08. The fourth-order valence-electron chi connectivity index (χ4n) is 0.129. The molecule has 0 aromatic rings. The highest BCUT2D eigenvalue weighted by atomic mass is 14.9. The molecule has 0 spiro atoms. The highest BCUT2D eigenvalue weighted by Gasteiger charge is 1.95. The van der Waals surface area contributed by atoms with Crippen molar-refractivity contribution in [1.29, 1.82) is 0 Å². The zero-order valence-corrected chi connectivity index (χ0v) is 2.44. The molecule has 1 aliphatic rings. The molecule has 0 atom stereocenters. The molecule has 2 heteroatoms.